The Morgan fingerprint density at radius 1 is 1.29 bits per heavy atom. The van der Waals surface area contributed by atoms with Gasteiger partial charge in [-0.2, -0.15) is 0 Å². The summed E-state index contributed by atoms with van der Waals surface area (Å²) in [4.78, 5) is 0. The lowest BCUT2D eigenvalue weighted by Gasteiger charge is -2.08. The molecule has 0 unspecified atom stereocenters. The predicted molar refractivity (Wildman–Crippen MR) is 70.0 cm³/mol. The molecule has 1 aromatic carbocycles. The van der Waals surface area contributed by atoms with Crippen molar-refractivity contribution in [2.45, 2.75) is 33.6 Å². The molecule has 1 N–H and O–H groups in total. The van der Waals surface area contributed by atoms with E-state index in [9.17, 15) is 0 Å². The quantitative estimate of drug-likeness (QED) is 0.466. The van der Waals surface area contributed by atoms with Crippen LogP contribution in [0, 0.1) is 5.92 Å². The first-order valence-electron chi connectivity index (χ1n) is 6.01. The summed E-state index contributed by atoms with van der Waals surface area (Å²) in [7, 11) is 0. The smallest absolute Gasteiger partial charge is 0.119 e. The van der Waals surface area contributed by atoms with Crippen molar-refractivity contribution in [3.63, 3.8) is 0 Å². The van der Waals surface area contributed by atoms with Gasteiger partial charge in [0.2, 0.25) is 0 Å². The number of rotatable bonds is 6. The molecule has 0 saturated carbocycles. The highest BCUT2D eigenvalue weighted by atomic mass is 16.5. The van der Waals surface area contributed by atoms with Gasteiger partial charge in [-0.1, -0.05) is 31.1 Å². The highest BCUT2D eigenvalue weighted by Gasteiger charge is 1.99. The molecule has 0 amide bonds. The van der Waals surface area contributed by atoms with Gasteiger partial charge in [-0.3, -0.25) is 0 Å². The number of oxime groups is 1. The monoisotopic (exact) mass is 235 g/mol. The molecule has 1 aromatic rings. The summed E-state index contributed by atoms with van der Waals surface area (Å²) in [5, 5.41) is 11.7. The summed E-state index contributed by atoms with van der Waals surface area (Å²) in [5.41, 5.74) is 1.83. The molecule has 0 spiro atoms. The molecule has 3 heteroatoms. The zero-order valence-electron chi connectivity index (χ0n) is 10.8. The van der Waals surface area contributed by atoms with E-state index in [4.69, 9.17) is 9.94 Å². The second kappa shape index (κ2) is 6.94. The van der Waals surface area contributed by atoms with Crippen LogP contribution in [0.15, 0.2) is 29.4 Å². The van der Waals surface area contributed by atoms with E-state index in [0.717, 1.165) is 24.3 Å². The second-order valence-corrected chi connectivity index (χ2v) is 4.69. The molecule has 1 rings (SSSR count). The van der Waals surface area contributed by atoms with Crippen LogP contribution < -0.4 is 4.74 Å². The van der Waals surface area contributed by atoms with E-state index >= 15 is 0 Å². The number of ether oxygens (including phenoxy) is 1. The van der Waals surface area contributed by atoms with Crippen molar-refractivity contribution in [2.24, 2.45) is 11.1 Å². The molecule has 0 aromatic heterocycles. The molecular weight excluding hydrogens is 214 g/mol. The molecule has 17 heavy (non-hydrogen) atoms. The third kappa shape index (κ3) is 5.38. The summed E-state index contributed by atoms with van der Waals surface area (Å²) in [6.45, 7) is 6.92. The second-order valence-electron chi connectivity index (χ2n) is 4.69. The summed E-state index contributed by atoms with van der Waals surface area (Å²) in [6.07, 6.45) is 1.74. The van der Waals surface area contributed by atoms with Gasteiger partial charge in [0.1, 0.15) is 5.75 Å². The standard InChI is InChI=1S/C14H21NO2/c1-11(2)8-9-17-14-6-4-13(5-7-14)10-12(3)15-16/h4-7,11,16H,8-10H2,1-3H3/b15-12+. The van der Waals surface area contributed by atoms with E-state index in [2.05, 4.69) is 19.0 Å². The molecule has 0 atom stereocenters. The van der Waals surface area contributed by atoms with Crippen LogP contribution in [0.25, 0.3) is 0 Å². The molecule has 0 radical (unpaired) electrons. The number of nitrogens with zero attached hydrogens (tertiary/aromatic N) is 1. The Morgan fingerprint density at radius 2 is 1.94 bits per heavy atom. The van der Waals surface area contributed by atoms with Gasteiger partial charge < -0.3 is 9.94 Å². The fourth-order valence-corrected chi connectivity index (χ4v) is 1.45. The van der Waals surface area contributed by atoms with Gasteiger partial charge in [-0.25, -0.2) is 0 Å². The molecule has 0 aliphatic rings. The lowest BCUT2D eigenvalue weighted by molar-refractivity contribution is 0.289. The SMILES string of the molecule is C/C(Cc1ccc(OCCC(C)C)cc1)=N\O. The lowest BCUT2D eigenvalue weighted by atomic mass is 10.1. The minimum Gasteiger partial charge on any atom is -0.494 e. The highest BCUT2D eigenvalue weighted by molar-refractivity contribution is 5.83. The van der Waals surface area contributed by atoms with Crippen molar-refractivity contribution in [1.29, 1.82) is 0 Å². The fraction of sp³-hybridized carbons (Fsp3) is 0.500. The summed E-state index contributed by atoms with van der Waals surface area (Å²) in [6, 6.07) is 7.92. The van der Waals surface area contributed by atoms with Crippen LogP contribution >= 0.6 is 0 Å². The van der Waals surface area contributed by atoms with Gasteiger partial charge in [0.15, 0.2) is 0 Å². The molecule has 3 nitrogen and oxygen atoms in total. The lowest BCUT2D eigenvalue weighted by Crippen LogP contribution is -2.02. The average molecular weight is 235 g/mol. The maximum Gasteiger partial charge on any atom is 0.119 e. The van der Waals surface area contributed by atoms with Gasteiger partial charge in [0.05, 0.1) is 12.3 Å². The fourth-order valence-electron chi connectivity index (χ4n) is 1.45. The highest BCUT2D eigenvalue weighted by Crippen LogP contribution is 2.14. The van der Waals surface area contributed by atoms with Gasteiger partial charge in [-0.15, -0.1) is 0 Å². The topological polar surface area (TPSA) is 41.8 Å². The van der Waals surface area contributed by atoms with Crippen LogP contribution in [0.4, 0.5) is 0 Å². The molecule has 0 saturated heterocycles. The predicted octanol–water partition coefficient (Wildman–Crippen LogP) is 3.50. The largest absolute Gasteiger partial charge is 0.494 e. The minimum absolute atomic E-state index is 0.665. The van der Waals surface area contributed by atoms with Crippen LogP contribution in [0.1, 0.15) is 32.8 Å². The third-order valence-electron chi connectivity index (χ3n) is 2.52. The van der Waals surface area contributed by atoms with Crippen molar-refractivity contribution in [3.8, 4) is 5.75 Å². The van der Waals surface area contributed by atoms with Crippen molar-refractivity contribution < 1.29 is 9.94 Å². The van der Waals surface area contributed by atoms with Gasteiger partial charge in [0, 0.05) is 6.42 Å². The third-order valence-corrected chi connectivity index (χ3v) is 2.52. The van der Waals surface area contributed by atoms with E-state index < -0.39 is 0 Å². The van der Waals surface area contributed by atoms with E-state index in [-0.39, 0.29) is 0 Å². The van der Waals surface area contributed by atoms with E-state index in [1.54, 1.807) is 6.92 Å². The first-order valence-corrected chi connectivity index (χ1v) is 6.01. The Kier molecular flexibility index (Phi) is 5.53. The summed E-state index contributed by atoms with van der Waals surface area (Å²) in [5.74, 6) is 1.56. The Balaban J connectivity index is 2.45. The molecule has 0 heterocycles. The van der Waals surface area contributed by atoms with Crippen molar-refractivity contribution in [2.75, 3.05) is 6.61 Å². The van der Waals surface area contributed by atoms with Crippen LogP contribution in [-0.2, 0) is 6.42 Å². The van der Waals surface area contributed by atoms with E-state index in [0.29, 0.717) is 18.1 Å². The molecule has 94 valence electrons. The maximum atomic E-state index is 8.58. The zero-order chi connectivity index (χ0) is 12.7. The summed E-state index contributed by atoms with van der Waals surface area (Å²) < 4.78 is 5.62. The number of benzene rings is 1. The van der Waals surface area contributed by atoms with Crippen molar-refractivity contribution in [1.82, 2.24) is 0 Å². The Hall–Kier alpha value is -1.51. The Morgan fingerprint density at radius 3 is 2.47 bits per heavy atom. The van der Waals surface area contributed by atoms with Gasteiger partial charge in [-0.05, 0) is 37.0 Å². The molecule has 0 bridgehead atoms. The molecular formula is C14H21NO2. The van der Waals surface area contributed by atoms with E-state index in [1.165, 1.54) is 0 Å². The first kappa shape index (κ1) is 13.6. The van der Waals surface area contributed by atoms with Crippen LogP contribution in [0.5, 0.6) is 5.75 Å². The first-order chi connectivity index (χ1) is 8.11. The van der Waals surface area contributed by atoms with E-state index in [1.807, 2.05) is 24.3 Å². The maximum absolute atomic E-state index is 8.58. The van der Waals surface area contributed by atoms with Gasteiger partial charge in [0.25, 0.3) is 0 Å². The van der Waals surface area contributed by atoms with Crippen molar-refractivity contribution in [3.05, 3.63) is 29.8 Å². The normalized spacial score (nSPS) is 11.9. The van der Waals surface area contributed by atoms with Crippen LogP contribution in [0.2, 0.25) is 0 Å². The minimum atomic E-state index is 0.665. The number of hydrogen-bond donors (Lipinski definition) is 1. The Labute approximate surface area is 103 Å². The van der Waals surface area contributed by atoms with Crippen LogP contribution in [-0.4, -0.2) is 17.5 Å². The summed E-state index contributed by atoms with van der Waals surface area (Å²) >= 11 is 0. The zero-order valence-corrected chi connectivity index (χ0v) is 10.8. The van der Waals surface area contributed by atoms with Crippen LogP contribution in [0.3, 0.4) is 0 Å². The van der Waals surface area contributed by atoms with Crippen molar-refractivity contribution >= 4 is 5.71 Å². The number of hydrogen-bond acceptors (Lipinski definition) is 3. The molecule has 0 fully saturated rings. The molecule has 0 aliphatic carbocycles. The average Bonchev–Trinajstić information content (AvgIpc) is 2.31. The van der Waals surface area contributed by atoms with Gasteiger partial charge >= 0.3 is 0 Å². The Bertz CT molecular complexity index is 355. The molecule has 0 aliphatic heterocycles.